The molecule has 0 aliphatic carbocycles. The van der Waals surface area contributed by atoms with Gasteiger partial charge in [-0.15, -0.1) is 0 Å². The van der Waals surface area contributed by atoms with E-state index < -0.39 is 11.9 Å². The van der Waals surface area contributed by atoms with Crippen LogP contribution in [0.2, 0.25) is 0 Å². The Morgan fingerprint density at radius 1 is 0.789 bits per heavy atom. The number of rotatable bonds is 3. The van der Waals surface area contributed by atoms with E-state index in [1.54, 1.807) is 24.3 Å². The smallest absolute Gasteiger partial charge is 0.316 e. The van der Waals surface area contributed by atoms with Crippen LogP contribution in [0.1, 0.15) is 17.0 Å². The number of hydrogen-bond donors (Lipinski definition) is 3. The first-order chi connectivity index (χ1) is 8.58. The van der Waals surface area contributed by atoms with Gasteiger partial charge in [0.05, 0.1) is 0 Å². The number of aromatic hydroxyl groups is 2. The van der Waals surface area contributed by atoms with E-state index in [0.717, 1.165) is 0 Å². The lowest BCUT2D eigenvalue weighted by Crippen LogP contribution is -2.12. The van der Waals surface area contributed by atoms with E-state index >= 15 is 0 Å². The second kappa shape index (κ2) is 6.45. The van der Waals surface area contributed by atoms with Gasteiger partial charge in [0.25, 0.3) is 0 Å². The summed E-state index contributed by atoms with van der Waals surface area (Å²) in [5, 5.41) is 27.7. The van der Waals surface area contributed by atoms with Gasteiger partial charge < -0.3 is 15.3 Å². The van der Waals surface area contributed by atoms with Crippen LogP contribution in [0.3, 0.4) is 0 Å². The van der Waals surface area contributed by atoms with Crippen molar-refractivity contribution >= 4 is 29.0 Å². The van der Waals surface area contributed by atoms with Gasteiger partial charge in [-0.2, -0.15) is 0 Å². The third-order valence-electron chi connectivity index (χ3n) is 2.70. The Morgan fingerprint density at radius 2 is 1.11 bits per heavy atom. The summed E-state index contributed by atoms with van der Waals surface area (Å²) < 4.78 is 0. The molecular weight excluding hydrogens is 256 g/mol. The zero-order valence-corrected chi connectivity index (χ0v) is 9.45. The first kappa shape index (κ1) is 15.3. The van der Waals surface area contributed by atoms with Gasteiger partial charge in [-0.1, -0.05) is 24.3 Å². The highest BCUT2D eigenvalue weighted by Crippen LogP contribution is 2.27. The second-order valence-electron chi connectivity index (χ2n) is 3.95. The monoisotopic (exact) mass is 270 g/mol. The molecule has 0 bridgehead atoms. The number of phenols is 2. The standard InChI is InChI=1S/C14H12O4.Mg.2H/c15-11-5-1-9(2-6-11)13(14(17)18)10-3-7-12(16)8-4-10;;;/h1-8,13,15-16H,(H,17,18);;;. The fourth-order valence-corrected chi connectivity index (χ4v) is 1.81. The summed E-state index contributed by atoms with van der Waals surface area (Å²) in [5.41, 5.74) is 1.15. The van der Waals surface area contributed by atoms with Crippen LogP contribution in [-0.2, 0) is 4.79 Å². The van der Waals surface area contributed by atoms with Crippen molar-refractivity contribution in [3.8, 4) is 11.5 Å². The van der Waals surface area contributed by atoms with Crippen LogP contribution in [0, 0.1) is 0 Å². The van der Waals surface area contributed by atoms with Crippen molar-refractivity contribution in [1.29, 1.82) is 0 Å². The maximum absolute atomic E-state index is 11.3. The van der Waals surface area contributed by atoms with Gasteiger partial charge in [-0.05, 0) is 35.4 Å². The summed E-state index contributed by atoms with van der Waals surface area (Å²) in [5.74, 6) is -1.61. The van der Waals surface area contributed by atoms with Gasteiger partial charge in [0.15, 0.2) is 0 Å². The Labute approximate surface area is 126 Å². The van der Waals surface area contributed by atoms with Crippen molar-refractivity contribution in [3.63, 3.8) is 0 Å². The van der Waals surface area contributed by atoms with Crippen LogP contribution in [-0.4, -0.2) is 44.3 Å². The van der Waals surface area contributed by atoms with Gasteiger partial charge in [0, 0.05) is 0 Å². The molecule has 2 rings (SSSR count). The summed E-state index contributed by atoms with van der Waals surface area (Å²) in [4.78, 5) is 11.3. The van der Waals surface area contributed by atoms with Crippen LogP contribution in [0.15, 0.2) is 48.5 Å². The average Bonchev–Trinajstić information content (AvgIpc) is 2.34. The van der Waals surface area contributed by atoms with Crippen molar-refractivity contribution < 1.29 is 20.1 Å². The van der Waals surface area contributed by atoms with Gasteiger partial charge in [-0.25, -0.2) is 0 Å². The lowest BCUT2D eigenvalue weighted by atomic mass is 9.91. The highest BCUT2D eigenvalue weighted by molar-refractivity contribution is 5.80. The molecule has 0 atom stereocenters. The number of hydrogen-bond acceptors (Lipinski definition) is 3. The molecule has 0 heterocycles. The summed E-state index contributed by atoms with van der Waals surface area (Å²) in [6.45, 7) is 0. The van der Waals surface area contributed by atoms with Gasteiger partial charge in [0.2, 0.25) is 0 Å². The Balaban J connectivity index is 0.00000180. The normalized spacial score (nSPS) is 9.95. The molecule has 0 amide bonds. The average molecular weight is 271 g/mol. The van der Waals surface area contributed by atoms with Crippen molar-refractivity contribution in [2.75, 3.05) is 0 Å². The fourth-order valence-electron chi connectivity index (χ4n) is 1.81. The van der Waals surface area contributed by atoms with E-state index in [-0.39, 0.29) is 34.6 Å². The molecule has 96 valence electrons. The van der Waals surface area contributed by atoms with E-state index in [1.807, 2.05) is 0 Å². The Bertz CT molecular complexity index is 503. The maximum Gasteiger partial charge on any atom is 0.316 e. The first-order valence-electron chi connectivity index (χ1n) is 5.38. The van der Waals surface area contributed by atoms with E-state index in [4.69, 9.17) is 0 Å². The molecule has 0 radical (unpaired) electrons. The molecule has 0 saturated carbocycles. The molecule has 0 unspecified atom stereocenters. The number of phenolic OH excluding ortho intramolecular Hbond substituents is 2. The fraction of sp³-hybridized carbons (Fsp3) is 0.0714. The summed E-state index contributed by atoms with van der Waals surface area (Å²) in [6, 6.07) is 12.1. The highest BCUT2D eigenvalue weighted by atomic mass is 24.3. The molecule has 0 fully saturated rings. The Kier molecular flexibility index (Phi) is 5.20. The van der Waals surface area contributed by atoms with Crippen LogP contribution in [0.5, 0.6) is 11.5 Å². The summed E-state index contributed by atoms with van der Waals surface area (Å²) in [6.07, 6.45) is 0. The predicted molar refractivity (Wildman–Crippen MR) is 74.2 cm³/mol. The molecular formula is C14H14MgO4. The third kappa shape index (κ3) is 3.62. The minimum Gasteiger partial charge on any atom is -0.508 e. The van der Waals surface area contributed by atoms with Crippen molar-refractivity contribution in [3.05, 3.63) is 59.7 Å². The lowest BCUT2D eigenvalue weighted by molar-refractivity contribution is -0.137. The van der Waals surface area contributed by atoms with E-state index in [2.05, 4.69) is 0 Å². The minimum absolute atomic E-state index is 0. The molecule has 19 heavy (non-hydrogen) atoms. The Morgan fingerprint density at radius 3 is 1.37 bits per heavy atom. The van der Waals surface area contributed by atoms with Gasteiger partial charge in [-0.3, -0.25) is 4.79 Å². The van der Waals surface area contributed by atoms with E-state index in [9.17, 15) is 20.1 Å². The molecule has 0 aliphatic heterocycles. The number of carboxylic acid groups (broad SMARTS) is 1. The first-order valence-corrected chi connectivity index (χ1v) is 5.38. The largest absolute Gasteiger partial charge is 0.508 e. The molecule has 2 aromatic carbocycles. The molecule has 0 saturated heterocycles. The molecule has 4 nitrogen and oxygen atoms in total. The lowest BCUT2D eigenvalue weighted by Gasteiger charge is -2.13. The highest BCUT2D eigenvalue weighted by Gasteiger charge is 2.21. The second-order valence-corrected chi connectivity index (χ2v) is 3.95. The van der Waals surface area contributed by atoms with Gasteiger partial charge >= 0.3 is 29.0 Å². The quantitative estimate of drug-likeness (QED) is 0.737. The van der Waals surface area contributed by atoms with E-state index in [1.165, 1.54) is 24.3 Å². The van der Waals surface area contributed by atoms with Crippen LogP contribution < -0.4 is 0 Å². The van der Waals surface area contributed by atoms with Crippen molar-refractivity contribution in [2.24, 2.45) is 0 Å². The van der Waals surface area contributed by atoms with Crippen LogP contribution in [0.25, 0.3) is 0 Å². The zero-order chi connectivity index (χ0) is 13.1. The number of carboxylic acids is 1. The van der Waals surface area contributed by atoms with Crippen molar-refractivity contribution in [2.45, 2.75) is 5.92 Å². The number of carbonyl (C=O) groups is 1. The van der Waals surface area contributed by atoms with Gasteiger partial charge in [0.1, 0.15) is 17.4 Å². The zero-order valence-electron chi connectivity index (χ0n) is 9.45. The molecule has 5 heteroatoms. The molecule has 2 aromatic rings. The number of aliphatic carboxylic acids is 1. The third-order valence-corrected chi connectivity index (χ3v) is 2.70. The van der Waals surface area contributed by atoms with E-state index in [0.29, 0.717) is 11.1 Å². The predicted octanol–water partition coefficient (Wildman–Crippen LogP) is 1.40. The van der Waals surface area contributed by atoms with Crippen LogP contribution in [0.4, 0.5) is 0 Å². The molecule has 0 spiro atoms. The SMILES string of the molecule is O=C(O)C(c1ccc(O)cc1)c1ccc(O)cc1.[MgH2]. The molecule has 0 aromatic heterocycles. The number of benzene rings is 2. The molecule has 3 N–H and O–H groups in total. The minimum atomic E-state index is -0.980. The topological polar surface area (TPSA) is 77.8 Å². The molecule has 0 aliphatic rings. The van der Waals surface area contributed by atoms with Crippen molar-refractivity contribution in [1.82, 2.24) is 0 Å². The summed E-state index contributed by atoms with van der Waals surface area (Å²) >= 11 is 0. The maximum atomic E-state index is 11.3. The Hall–Kier alpha value is -1.72. The van der Waals surface area contributed by atoms with Crippen LogP contribution >= 0.6 is 0 Å². The summed E-state index contributed by atoms with van der Waals surface area (Å²) in [7, 11) is 0.